The third kappa shape index (κ3) is 6.78. The second-order valence-corrected chi connectivity index (χ2v) is 8.71. The molecule has 0 fully saturated rings. The van der Waals surface area contributed by atoms with Crippen molar-refractivity contribution < 1.29 is 27.4 Å². The van der Waals surface area contributed by atoms with Gasteiger partial charge in [-0.05, 0) is 73.3 Å². The molecule has 2 atom stereocenters. The van der Waals surface area contributed by atoms with E-state index in [1.807, 2.05) is 29.6 Å². The molecule has 0 spiro atoms. The van der Waals surface area contributed by atoms with Gasteiger partial charge in [-0.25, -0.2) is 0 Å². The van der Waals surface area contributed by atoms with Crippen molar-refractivity contribution in [2.75, 3.05) is 13.7 Å². The standard InChI is InChI=1S/C27H32F3NO3/c1-4-15-34-24-14-13-23(25(17-24)33-3)16-19-5-7-21(8-6-19)22-11-9-20(10-12-22)18(2)31-26(32)27(28,29)30/h7,9-14,17-19H,4-6,8,15-16H2,1-3H3,(H,31,32)/t18-,19?/m0/s1. The SMILES string of the molecule is CCCOc1ccc(CC2CC=C(c3ccc([C@H](C)NC(=O)C(F)(F)F)cc3)CC2)c(OC)c1. The lowest BCUT2D eigenvalue weighted by Crippen LogP contribution is -2.38. The van der Waals surface area contributed by atoms with Gasteiger partial charge < -0.3 is 14.8 Å². The number of nitrogens with one attached hydrogen (secondary N) is 1. The smallest absolute Gasteiger partial charge is 0.471 e. The number of alkyl halides is 3. The Kier molecular flexibility index (Phi) is 8.64. The largest absolute Gasteiger partial charge is 0.496 e. The van der Waals surface area contributed by atoms with Gasteiger partial charge in [0.2, 0.25) is 0 Å². The molecule has 1 aliphatic carbocycles. The van der Waals surface area contributed by atoms with Gasteiger partial charge in [-0.2, -0.15) is 13.2 Å². The van der Waals surface area contributed by atoms with E-state index >= 15 is 0 Å². The Balaban J connectivity index is 1.59. The first-order chi connectivity index (χ1) is 16.2. The van der Waals surface area contributed by atoms with Crippen molar-refractivity contribution in [2.24, 2.45) is 5.92 Å². The fourth-order valence-corrected chi connectivity index (χ4v) is 4.20. The molecule has 0 saturated carbocycles. The molecule has 1 N–H and O–H groups in total. The summed E-state index contributed by atoms with van der Waals surface area (Å²) in [6, 6.07) is 12.7. The second-order valence-electron chi connectivity index (χ2n) is 8.71. The summed E-state index contributed by atoms with van der Waals surface area (Å²) in [5, 5.41) is 1.99. The molecule has 0 radical (unpaired) electrons. The minimum absolute atomic E-state index is 0.511. The van der Waals surface area contributed by atoms with Gasteiger partial charge in [-0.1, -0.05) is 43.3 Å². The quantitative estimate of drug-likeness (QED) is 0.442. The number of allylic oxidation sites excluding steroid dienone is 2. The topological polar surface area (TPSA) is 47.6 Å². The van der Waals surface area contributed by atoms with Gasteiger partial charge in [0, 0.05) is 6.07 Å². The van der Waals surface area contributed by atoms with E-state index in [1.54, 1.807) is 26.2 Å². The first kappa shape index (κ1) is 25.7. The Morgan fingerprint density at radius 3 is 2.50 bits per heavy atom. The second kappa shape index (κ2) is 11.4. The van der Waals surface area contributed by atoms with Crippen molar-refractivity contribution in [2.45, 2.75) is 58.2 Å². The van der Waals surface area contributed by atoms with Crippen LogP contribution in [0.25, 0.3) is 5.57 Å². The zero-order valence-electron chi connectivity index (χ0n) is 19.9. The number of carbonyl (C=O) groups excluding carboxylic acids is 1. The summed E-state index contributed by atoms with van der Waals surface area (Å²) in [6.07, 6.45) is 2.18. The highest BCUT2D eigenvalue weighted by Gasteiger charge is 2.39. The molecule has 0 heterocycles. The lowest BCUT2D eigenvalue weighted by molar-refractivity contribution is -0.174. The number of carbonyl (C=O) groups is 1. The van der Waals surface area contributed by atoms with Crippen LogP contribution in [-0.2, 0) is 11.2 Å². The minimum atomic E-state index is -4.88. The van der Waals surface area contributed by atoms with Crippen LogP contribution in [0, 0.1) is 5.92 Å². The molecule has 3 rings (SSSR count). The Morgan fingerprint density at radius 2 is 1.91 bits per heavy atom. The van der Waals surface area contributed by atoms with Crippen LogP contribution in [0.15, 0.2) is 48.5 Å². The summed E-state index contributed by atoms with van der Waals surface area (Å²) in [7, 11) is 1.68. The number of amides is 1. The number of hydrogen-bond donors (Lipinski definition) is 1. The van der Waals surface area contributed by atoms with E-state index in [1.165, 1.54) is 11.1 Å². The van der Waals surface area contributed by atoms with Crippen LogP contribution in [0.2, 0.25) is 0 Å². The van der Waals surface area contributed by atoms with Gasteiger partial charge >= 0.3 is 12.1 Å². The summed E-state index contributed by atoms with van der Waals surface area (Å²) in [5.41, 5.74) is 4.11. The van der Waals surface area contributed by atoms with Crippen molar-refractivity contribution in [1.29, 1.82) is 0 Å². The zero-order chi connectivity index (χ0) is 24.7. The predicted molar refractivity (Wildman–Crippen MR) is 127 cm³/mol. The van der Waals surface area contributed by atoms with Crippen LogP contribution in [0.1, 0.15) is 62.3 Å². The van der Waals surface area contributed by atoms with E-state index in [2.05, 4.69) is 19.1 Å². The number of halogens is 3. The van der Waals surface area contributed by atoms with Crippen molar-refractivity contribution in [3.8, 4) is 11.5 Å². The maximum absolute atomic E-state index is 12.5. The molecular weight excluding hydrogens is 443 g/mol. The zero-order valence-corrected chi connectivity index (χ0v) is 19.9. The molecule has 4 nitrogen and oxygen atoms in total. The lowest BCUT2D eigenvalue weighted by atomic mass is 9.83. The highest BCUT2D eigenvalue weighted by molar-refractivity contribution is 5.82. The monoisotopic (exact) mass is 475 g/mol. The Bertz CT molecular complexity index is 999. The van der Waals surface area contributed by atoms with Gasteiger partial charge in [0.15, 0.2) is 0 Å². The first-order valence-corrected chi connectivity index (χ1v) is 11.7. The number of hydrogen-bond acceptors (Lipinski definition) is 3. The molecule has 1 amide bonds. The average molecular weight is 476 g/mol. The molecule has 0 aromatic heterocycles. The van der Waals surface area contributed by atoms with E-state index in [0.717, 1.165) is 49.2 Å². The number of ether oxygens (including phenoxy) is 2. The summed E-state index contributed by atoms with van der Waals surface area (Å²) in [6.45, 7) is 4.30. The maximum Gasteiger partial charge on any atom is 0.471 e. The molecule has 0 saturated heterocycles. The number of rotatable bonds is 9. The summed E-state index contributed by atoms with van der Waals surface area (Å²) in [5.74, 6) is 0.261. The Morgan fingerprint density at radius 1 is 1.18 bits per heavy atom. The van der Waals surface area contributed by atoms with E-state index in [0.29, 0.717) is 18.1 Å². The lowest BCUT2D eigenvalue weighted by Gasteiger charge is -2.23. The van der Waals surface area contributed by atoms with Gasteiger partial charge in [-0.3, -0.25) is 4.79 Å². The van der Waals surface area contributed by atoms with E-state index in [4.69, 9.17) is 9.47 Å². The van der Waals surface area contributed by atoms with Crippen LogP contribution < -0.4 is 14.8 Å². The van der Waals surface area contributed by atoms with E-state index in [-0.39, 0.29) is 0 Å². The third-order valence-electron chi connectivity index (χ3n) is 6.15. The van der Waals surface area contributed by atoms with Crippen molar-refractivity contribution in [1.82, 2.24) is 5.32 Å². The van der Waals surface area contributed by atoms with Crippen LogP contribution >= 0.6 is 0 Å². The fourth-order valence-electron chi connectivity index (χ4n) is 4.20. The summed E-state index contributed by atoms with van der Waals surface area (Å²) in [4.78, 5) is 11.2. The van der Waals surface area contributed by atoms with Gasteiger partial charge in [0.05, 0.1) is 19.8 Å². The van der Waals surface area contributed by atoms with Crippen LogP contribution in [-0.4, -0.2) is 25.8 Å². The first-order valence-electron chi connectivity index (χ1n) is 11.7. The molecule has 2 aromatic carbocycles. The fraction of sp³-hybridized carbons (Fsp3) is 0.444. The predicted octanol–water partition coefficient (Wildman–Crippen LogP) is 6.65. The molecule has 1 unspecified atom stereocenters. The molecule has 0 bridgehead atoms. The molecule has 1 aliphatic rings. The number of methoxy groups -OCH3 is 1. The normalized spacial score (nSPS) is 17.0. The highest BCUT2D eigenvalue weighted by atomic mass is 19.4. The molecule has 7 heteroatoms. The van der Waals surface area contributed by atoms with Gasteiger partial charge in [0.1, 0.15) is 11.5 Å². The van der Waals surface area contributed by atoms with E-state index < -0.39 is 18.1 Å². The van der Waals surface area contributed by atoms with Crippen LogP contribution in [0.3, 0.4) is 0 Å². The third-order valence-corrected chi connectivity index (χ3v) is 6.15. The molecular formula is C27H32F3NO3. The molecule has 184 valence electrons. The van der Waals surface area contributed by atoms with Gasteiger partial charge in [-0.15, -0.1) is 0 Å². The molecule has 34 heavy (non-hydrogen) atoms. The molecule has 0 aliphatic heterocycles. The summed E-state index contributed by atoms with van der Waals surface area (Å²) < 4.78 is 48.7. The van der Waals surface area contributed by atoms with Crippen molar-refractivity contribution in [3.05, 3.63) is 65.2 Å². The average Bonchev–Trinajstić information content (AvgIpc) is 2.83. The highest BCUT2D eigenvalue weighted by Crippen LogP contribution is 2.35. The van der Waals surface area contributed by atoms with Gasteiger partial charge in [0.25, 0.3) is 0 Å². The van der Waals surface area contributed by atoms with Crippen LogP contribution in [0.4, 0.5) is 13.2 Å². The maximum atomic E-state index is 12.5. The van der Waals surface area contributed by atoms with E-state index in [9.17, 15) is 18.0 Å². The Labute approximate surface area is 199 Å². The number of benzene rings is 2. The minimum Gasteiger partial charge on any atom is -0.496 e. The van der Waals surface area contributed by atoms with Crippen LogP contribution in [0.5, 0.6) is 11.5 Å². The summed E-state index contributed by atoms with van der Waals surface area (Å²) >= 11 is 0. The molecule has 2 aromatic rings. The Hall–Kier alpha value is -2.96. The van der Waals surface area contributed by atoms with Crippen molar-refractivity contribution >= 4 is 11.5 Å². The van der Waals surface area contributed by atoms with Crippen molar-refractivity contribution in [3.63, 3.8) is 0 Å².